The van der Waals surface area contributed by atoms with E-state index in [-0.39, 0.29) is 0 Å². The summed E-state index contributed by atoms with van der Waals surface area (Å²) in [5.74, 6) is -0.541. The minimum absolute atomic E-state index is 0.342. The molecule has 1 heterocycles. The van der Waals surface area contributed by atoms with Crippen LogP contribution in [0.4, 0.5) is 0 Å². The summed E-state index contributed by atoms with van der Waals surface area (Å²) >= 11 is 0. The van der Waals surface area contributed by atoms with Crippen molar-refractivity contribution in [2.45, 2.75) is 25.7 Å². The highest BCUT2D eigenvalue weighted by Gasteiger charge is 2.30. The molecule has 0 atom stereocenters. The molecule has 0 bridgehead atoms. The maximum absolute atomic E-state index is 11.4. The highest BCUT2D eigenvalue weighted by Crippen LogP contribution is 2.41. The molecule has 3 rings (SSSR count). The second kappa shape index (κ2) is 4.50. The Balaban J connectivity index is 2.16. The average Bonchev–Trinajstić information content (AvgIpc) is 3.23. The summed E-state index contributed by atoms with van der Waals surface area (Å²) in [6, 6.07) is 11.6. The topological polar surface area (TPSA) is 50.2 Å². The first kappa shape index (κ1) is 11.9. The Labute approximate surface area is 111 Å². The van der Waals surface area contributed by atoms with Gasteiger partial charge in [0.05, 0.1) is 11.3 Å². The summed E-state index contributed by atoms with van der Waals surface area (Å²) in [5.41, 5.74) is 3.93. The van der Waals surface area contributed by atoms with Crippen molar-refractivity contribution in [1.82, 2.24) is 4.98 Å². The zero-order chi connectivity index (χ0) is 13.4. The Bertz CT molecular complexity index is 631. The molecule has 0 unspecified atom stereocenters. The van der Waals surface area contributed by atoms with Gasteiger partial charge in [0.1, 0.15) is 0 Å². The summed E-state index contributed by atoms with van der Waals surface area (Å²) in [6.07, 6.45) is 2.11. The highest BCUT2D eigenvalue weighted by molar-refractivity contribution is 5.91. The van der Waals surface area contributed by atoms with Crippen molar-refractivity contribution in [3.63, 3.8) is 0 Å². The minimum Gasteiger partial charge on any atom is -0.478 e. The number of rotatable bonds is 3. The number of benzene rings is 1. The lowest BCUT2D eigenvalue weighted by molar-refractivity contribution is 0.0695. The van der Waals surface area contributed by atoms with E-state index in [0.717, 1.165) is 35.4 Å². The molecule has 0 aliphatic heterocycles. The summed E-state index contributed by atoms with van der Waals surface area (Å²) in [6.45, 7) is 1.94. The summed E-state index contributed by atoms with van der Waals surface area (Å²) in [4.78, 5) is 16.0. The normalized spacial score (nSPS) is 14.4. The third-order valence-electron chi connectivity index (χ3n) is 3.52. The van der Waals surface area contributed by atoms with Gasteiger partial charge >= 0.3 is 5.97 Å². The standard InChI is InChI=1S/C16H15NO2/c1-10-13(11-5-3-2-4-6-11)9-14(16(18)19)15(17-10)12-7-8-12/h2-6,9,12H,7-8H2,1H3,(H,18,19). The number of pyridine rings is 1. The summed E-state index contributed by atoms with van der Waals surface area (Å²) in [5, 5.41) is 9.36. The average molecular weight is 253 g/mol. The molecule has 1 aliphatic carbocycles. The van der Waals surface area contributed by atoms with Crippen LogP contribution < -0.4 is 0 Å². The first-order valence-corrected chi connectivity index (χ1v) is 6.47. The van der Waals surface area contributed by atoms with Crippen LogP contribution in [-0.4, -0.2) is 16.1 Å². The Morgan fingerprint density at radius 3 is 2.53 bits per heavy atom. The van der Waals surface area contributed by atoms with Gasteiger partial charge in [0.15, 0.2) is 0 Å². The molecular weight excluding hydrogens is 238 g/mol. The predicted octanol–water partition coefficient (Wildman–Crippen LogP) is 3.63. The fourth-order valence-electron chi connectivity index (χ4n) is 2.37. The van der Waals surface area contributed by atoms with Gasteiger partial charge in [-0.1, -0.05) is 30.3 Å². The molecule has 19 heavy (non-hydrogen) atoms. The molecule has 96 valence electrons. The van der Waals surface area contributed by atoms with Gasteiger partial charge < -0.3 is 5.11 Å². The summed E-state index contributed by atoms with van der Waals surface area (Å²) < 4.78 is 0. The number of nitrogens with zero attached hydrogens (tertiary/aromatic N) is 1. The first-order valence-electron chi connectivity index (χ1n) is 6.47. The summed E-state index contributed by atoms with van der Waals surface area (Å²) in [7, 11) is 0. The Hall–Kier alpha value is -2.16. The van der Waals surface area contributed by atoms with Crippen LogP contribution in [0.2, 0.25) is 0 Å². The van der Waals surface area contributed by atoms with E-state index in [1.54, 1.807) is 6.07 Å². The van der Waals surface area contributed by atoms with E-state index in [0.29, 0.717) is 11.5 Å². The van der Waals surface area contributed by atoms with Gasteiger partial charge in [0, 0.05) is 17.2 Å². The van der Waals surface area contributed by atoms with E-state index in [2.05, 4.69) is 4.98 Å². The van der Waals surface area contributed by atoms with Crippen molar-refractivity contribution >= 4 is 5.97 Å². The van der Waals surface area contributed by atoms with Gasteiger partial charge in [-0.15, -0.1) is 0 Å². The van der Waals surface area contributed by atoms with Gasteiger partial charge in [0.25, 0.3) is 0 Å². The fourth-order valence-corrected chi connectivity index (χ4v) is 2.37. The number of carboxylic acid groups (broad SMARTS) is 1. The lowest BCUT2D eigenvalue weighted by Gasteiger charge is -2.11. The van der Waals surface area contributed by atoms with Crippen LogP contribution in [0.3, 0.4) is 0 Å². The molecule has 3 nitrogen and oxygen atoms in total. The second-order valence-corrected chi connectivity index (χ2v) is 5.00. The van der Waals surface area contributed by atoms with Crippen LogP contribution in [0.25, 0.3) is 11.1 Å². The zero-order valence-electron chi connectivity index (χ0n) is 10.8. The molecule has 0 saturated heterocycles. The van der Waals surface area contributed by atoms with Crippen LogP contribution in [0.5, 0.6) is 0 Å². The van der Waals surface area contributed by atoms with E-state index in [1.807, 2.05) is 37.3 Å². The van der Waals surface area contributed by atoms with Crippen molar-refractivity contribution in [3.05, 3.63) is 53.3 Å². The maximum Gasteiger partial charge on any atom is 0.337 e. The van der Waals surface area contributed by atoms with Crippen molar-refractivity contribution in [2.24, 2.45) is 0 Å². The second-order valence-electron chi connectivity index (χ2n) is 5.00. The molecule has 1 aliphatic rings. The third-order valence-corrected chi connectivity index (χ3v) is 3.52. The Kier molecular flexibility index (Phi) is 2.82. The van der Waals surface area contributed by atoms with Crippen molar-refractivity contribution in [1.29, 1.82) is 0 Å². The molecule has 1 saturated carbocycles. The van der Waals surface area contributed by atoms with Gasteiger partial charge in [-0.05, 0) is 31.4 Å². The molecular formula is C16H15NO2. The number of aryl methyl sites for hydroxylation is 1. The van der Waals surface area contributed by atoms with Crippen molar-refractivity contribution in [3.8, 4) is 11.1 Å². The first-order chi connectivity index (χ1) is 9.16. The SMILES string of the molecule is Cc1nc(C2CC2)c(C(=O)O)cc1-c1ccccc1. The highest BCUT2D eigenvalue weighted by atomic mass is 16.4. The molecule has 0 amide bonds. The molecule has 0 radical (unpaired) electrons. The molecule has 1 N–H and O–H groups in total. The van der Waals surface area contributed by atoms with Gasteiger partial charge in [0.2, 0.25) is 0 Å². The largest absolute Gasteiger partial charge is 0.478 e. The number of hydrogen-bond acceptors (Lipinski definition) is 2. The van der Waals surface area contributed by atoms with Crippen molar-refractivity contribution < 1.29 is 9.90 Å². The number of carbonyl (C=O) groups is 1. The van der Waals surface area contributed by atoms with E-state index < -0.39 is 5.97 Å². The number of hydrogen-bond donors (Lipinski definition) is 1. The van der Waals surface area contributed by atoms with E-state index in [4.69, 9.17) is 0 Å². The van der Waals surface area contributed by atoms with Gasteiger partial charge in [-0.25, -0.2) is 4.79 Å². The molecule has 3 heteroatoms. The van der Waals surface area contributed by atoms with Crippen LogP contribution in [-0.2, 0) is 0 Å². The molecule has 2 aromatic rings. The molecule has 1 fully saturated rings. The maximum atomic E-state index is 11.4. The zero-order valence-corrected chi connectivity index (χ0v) is 10.8. The fraction of sp³-hybridized carbons (Fsp3) is 0.250. The van der Waals surface area contributed by atoms with Gasteiger partial charge in [-0.2, -0.15) is 0 Å². The Morgan fingerprint density at radius 2 is 1.95 bits per heavy atom. The smallest absolute Gasteiger partial charge is 0.337 e. The monoisotopic (exact) mass is 253 g/mol. The quantitative estimate of drug-likeness (QED) is 0.908. The van der Waals surface area contributed by atoms with Crippen LogP contribution in [0.1, 0.15) is 40.5 Å². The number of carboxylic acids is 1. The Morgan fingerprint density at radius 1 is 1.26 bits per heavy atom. The predicted molar refractivity (Wildman–Crippen MR) is 73.3 cm³/mol. The third kappa shape index (κ3) is 2.24. The van der Waals surface area contributed by atoms with Crippen LogP contribution in [0.15, 0.2) is 36.4 Å². The van der Waals surface area contributed by atoms with E-state index in [1.165, 1.54) is 0 Å². The van der Waals surface area contributed by atoms with Gasteiger partial charge in [-0.3, -0.25) is 4.98 Å². The molecule has 1 aromatic heterocycles. The van der Waals surface area contributed by atoms with Crippen LogP contribution in [0, 0.1) is 6.92 Å². The van der Waals surface area contributed by atoms with Crippen LogP contribution >= 0.6 is 0 Å². The minimum atomic E-state index is -0.883. The lowest BCUT2D eigenvalue weighted by Crippen LogP contribution is -2.06. The lowest BCUT2D eigenvalue weighted by atomic mass is 9.99. The van der Waals surface area contributed by atoms with E-state index >= 15 is 0 Å². The van der Waals surface area contributed by atoms with Crippen molar-refractivity contribution in [2.75, 3.05) is 0 Å². The van der Waals surface area contributed by atoms with E-state index in [9.17, 15) is 9.90 Å². The number of aromatic nitrogens is 1. The number of aromatic carboxylic acids is 1. The molecule has 0 spiro atoms. The molecule has 1 aromatic carbocycles.